The summed E-state index contributed by atoms with van der Waals surface area (Å²) in [6.45, 7) is 3.34. The average molecular weight is 401 g/mol. The van der Waals surface area contributed by atoms with E-state index in [0.29, 0.717) is 11.1 Å². The van der Waals surface area contributed by atoms with Crippen LogP contribution in [-0.2, 0) is 9.53 Å². The normalized spacial score (nSPS) is 13.2. The van der Waals surface area contributed by atoms with Gasteiger partial charge in [0.2, 0.25) is 0 Å². The number of ether oxygens (including phenoxy) is 1. The molecule has 7 heteroatoms. The van der Waals surface area contributed by atoms with E-state index in [1.165, 1.54) is 6.08 Å². The van der Waals surface area contributed by atoms with Crippen LogP contribution >= 0.6 is 0 Å². The average Bonchev–Trinajstić information content (AvgIpc) is 3.18. The lowest BCUT2D eigenvalue weighted by Gasteiger charge is -2.12. The van der Waals surface area contributed by atoms with Crippen molar-refractivity contribution in [2.24, 2.45) is 0 Å². The second kappa shape index (κ2) is 7.79. The van der Waals surface area contributed by atoms with Crippen molar-refractivity contribution in [1.29, 1.82) is 0 Å². The Kier molecular flexibility index (Phi) is 5.02. The number of hydrogen-bond donors (Lipinski definition) is 0. The van der Waals surface area contributed by atoms with Crippen LogP contribution in [0.1, 0.15) is 37.7 Å². The summed E-state index contributed by atoms with van der Waals surface area (Å²) in [5, 5.41) is 4.53. The fraction of sp³-hybridized carbons (Fsp3) is 0.130. The third-order valence-corrected chi connectivity index (χ3v) is 4.95. The first-order chi connectivity index (χ1) is 14.5. The minimum absolute atomic E-state index is 0.314. The number of rotatable bonds is 5. The topological polar surface area (TPSA) is 81.5 Å². The molecule has 4 rings (SSSR count). The SMILES string of the molecule is Cc1nn(-c2ccccc2)c(C)c1/C=C/C(=O)OCN1C(=O)c2ccccc2C1=O. The van der Waals surface area contributed by atoms with Crippen molar-refractivity contribution in [2.75, 3.05) is 6.73 Å². The van der Waals surface area contributed by atoms with E-state index in [4.69, 9.17) is 4.74 Å². The van der Waals surface area contributed by atoms with Gasteiger partial charge in [0.15, 0.2) is 6.73 Å². The van der Waals surface area contributed by atoms with Gasteiger partial charge in [0.25, 0.3) is 11.8 Å². The highest BCUT2D eigenvalue weighted by atomic mass is 16.5. The zero-order valence-corrected chi connectivity index (χ0v) is 16.5. The fourth-order valence-corrected chi connectivity index (χ4v) is 3.40. The largest absolute Gasteiger partial charge is 0.441 e. The summed E-state index contributed by atoms with van der Waals surface area (Å²) in [6.07, 6.45) is 2.90. The van der Waals surface area contributed by atoms with E-state index in [9.17, 15) is 14.4 Å². The highest BCUT2D eigenvalue weighted by Gasteiger charge is 2.35. The highest BCUT2D eigenvalue weighted by Crippen LogP contribution is 2.22. The van der Waals surface area contributed by atoms with Crippen LogP contribution in [0.2, 0.25) is 0 Å². The molecule has 0 bridgehead atoms. The predicted molar refractivity (Wildman–Crippen MR) is 110 cm³/mol. The summed E-state index contributed by atoms with van der Waals surface area (Å²) in [5.74, 6) is -1.59. The van der Waals surface area contributed by atoms with Crippen LogP contribution in [-0.4, -0.2) is 39.2 Å². The van der Waals surface area contributed by atoms with Gasteiger partial charge < -0.3 is 4.74 Å². The van der Waals surface area contributed by atoms with E-state index in [0.717, 1.165) is 27.5 Å². The van der Waals surface area contributed by atoms with Crippen molar-refractivity contribution in [2.45, 2.75) is 13.8 Å². The number of carbonyl (C=O) groups is 3. The van der Waals surface area contributed by atoms with Gasteiger partial charge in [-0.25, -0.2) is 14.4 Å². The maximum absolute atomic E-state index is 12.3. The van der Waals surface area contributed by atoms with Crippen LogP contribution < -0.4 is 0 Å². The maximum atomic E-state index is 12.3. The number of imide groups is 1. The molecule has 0 radical (unpaired) electrons. The number of hydrogen-bond acceptors (Lipinski definition) is 5. The molecule has 1 aliphatic heterocycles. The van der Waals surface area contributed by atoms with Crippen LogP contribution in [0, 0.1) is 13.8 Å². The Morgan fingerprint density at radius 3 is 2.20 bits per heavy atom. The van der Waals surface area contributed by atoms with Gasteiger partial charge in [-0.3, -0.25) is 9.59 Å². The minimum atomic E-state index is -0.655. The fourth-order valence-electron chi connectivity index (χ4n) is 3.40. The molecular weight excluding hydrogens is 382 g/mol. The summed E-state index contributed by atoms with van der Waals surface area (Å²) >= 11 is 0. The molecule has 1 aliphatic rings. The molecule has 2 heterocycles. The zero-order valence-electron chi connectivity index (χ0n) is 16.5. The van der Waals surface area contributed by atoms with Gasteiger partial charge in [-0.05, 0) is 44.2 Å². The summed E-state index contributed by atoms with van der Waals surface area (Å²) in [5.41, 5.74) is 3.99. The number of fused-ring (bicyclic) bond motifs is 1. The molecule has 30 heavy (non-hydrogen) atoms. The molecule has 2 amide bonds. The van der Waals surface area contributed by atoms with E-state index in [-0.39, 0.29) is 0 Å². The Bertz CT molecular complexity index is 1140. The Labute approximate surface area is 173 Å². The third kappa shape index (κ3) is 3.41. The first kappa shape index (κ1) is 19.3. The van der Waals surface area contributed by atoms with Crippen LogP contribution in [0.3, 0.4) is 0 Å². The molecule has 0 atom stereocenters. The standard InChI is InChI=1S/C23H19N3O4/c1-15-18(16(2)26(24-15)17-8-4-3-5-9-17)12-13-21(27)30-14-25-22(28)19-10-6-7-11-20(19)23(25)29/h3-13H,14H2,1-2H3/b13-12+. The van der Waals surface area contributed by atoms with Crippen LogP contribution in [0.4, 0.5) is 0 Å². The van der Waals surface area contributed by atoms with Gasteiger partial charge in [-0.15, -0.1) is 0 Å². The molecule has 0 unspecified atom stereocenters. The Morgan fingerprint density at radius 1 is 0.967 bits per heavy atom. The molecular formula is C23H19N3O4. The predicted octanol–water partition coefficient (Wildman–Crippen LogP) is 3.30. The number of amides is 2. The minimum Gasteiger partial charge on any atom is -0.441 e. The molecule has 0 saturated heterocycles. The van der Waals surface area contributed by atoms with Crippen LogP contribution in [0.15, 0.2) is 60.7 Å². The van der Waals surface area contributed by atoms with Gasteiger partial charge in [0.05, 0.1) is 22.5 Å². The highest BCUT2D eigenvalue weighted by molar-refractivity contribution is 6.21. The lowest BCUT2D eigenvalue weighted by atomic mass is 10.1. The molecule has 0 saturated carbocycles. The van der Waals surface area contributed by atoms with E-state index in [1.807, 2.05) is 44.2 Å². The molecule has 0 aliphatic carbocycles. The number of carbonyl (C=O) groups excluding carboxylic acids is 3. The molecule has 0 fully saturated rings. The quantitative estimate of drug-likeness (QED) is 0.372. The number of benzene rings is 2. The lowest BCUT2D eigenvalue weighted by Crippen LogP contribution is -2.32. The lowest BCUT2D eigenvalue weighted by molar-refractivity contribution is -0.140. The summed E-state index contributed by atoms with van der Waals surface area (Å²) in [6, 6.07) is 16.2. The number of esters is 1. The van der Waals surface area contributed by atoms with E-state index in [1.54, 1.807) is 35.0 Å². The van der Waals surface area contributed by atoms with Gasteiger partial charge in [-0.1, -0.05) is 30.3 Å². The molecule has 7 nitrogen and oxygen atoms in total. The number of nitrogens with zero attached hydrogens (tertiary/aromatic N) is 3. The van der Waals surface area contributed by atoms with E-state index in [2.05, 4.69) is 5.10 Å². The smallest absolute Gasteiger partial charge is 0.332 e. The number of aromatic nitrogens is 2. The molecule has 150 valence electrons. The second-order valence-electron chi connectivity index (χ2n) is 6.84. The van der Waals surface area contributed by atoms with Crippen LogP contribution in [0.5, 0.6) is 0 Å². The Hall–Kier alpha value is -4.00. The molecule has 0 spiro atoms. The number of para-hydroxylation sites is 1. The first-order valence-corrected chi connectivity index (χ1v) is 9.39. The molecule has 0 N–H and O–H groups in total. The zero-order chi connectivity index (χ0) is 21.3. The van der Waals surface area contributed by atoms with Gasteiger partial charge in [0.1, 0.15) is 0 Å². The number of aryl methyl sites for hydroxylation is 1. The second-order valence-corrected chi connectivity index (χ2v) is 6.84. The van der Waals surface area contributed by atoms with Crippen molar-refractivity contribution in [3.05, 3.63) is 88.8 Å². The van der Waals surface area contributed by atoms with Gasteiger partial charge in [-0.2, -0.15) is 5.10 Å². The van der Waals surface area contributed by atoms with Crippen molar-refractivity contribution >= 4 is 23.9 Å². The van der Waals surface area contributed by atoms with Crippen LogP contribution in [0.25, 0.3) is 11.8 Å². The van der Waals surface area contributed by atoms with Crippen molar-refractivity contribution < 1.29 is 19.1 Å². The van der Waals surface area contributed by atoms with Gasteiger partial charge in [0, 0.05) is 17.3 Å². The van der Waals surface area contributed by atoms with Crippen molar-refractivity contribution in [3.8, 4) is 5.69 Å². The summed E-state index contributed by atoms with van der Waals surface area (Å²) < 4.78 is 6.93. The first-order valence-electron chi connectivity index (χ1n) is 9.39. The Morgan fingerprint density at radius 2 is 1.57 bits per heavy atom. The molecule has 2 aromatic carbocycles. The Balaban J connectivity index is 1.44. The molecule has 3 aromatic rings. The summed E-state index contributed by atoms with van der Waals surface area (Å²) in [7, 11) is 0. The van der Waals surface area contributed by atoms with E-state index >= 15 is 0 Å². The molecule has 1 aromatic heterocycles. The maximum Gasteiger partial charge on any atom is 0.332 e. The van der Waals surface area contributed by atoms with Crippen molar-refractivity contribution in [1.82, 2.24) is 14.7 Å². The van der Waals surface area contributed by atoms with E-state index < -0.39 is 24.5 Å². The summed E-state index contributed by atoms with van der Waals surface area (Å²) in [4.78, 5) is 37.7. The van der Waals surface area contributed by atoms with Gasteiger partial charge >= 0.3 is 5.97 Å². The third-order valence-electron chi connectivity index (χ3n) is 4.95. The van der Waals surface area contributed by atoms with Crippen molar-refractivity contribution in [3.63, 3.8) is 0 Å². The monoisotopic (exact) mass is 401 g/mol.